The zero-order valence-corrected chi connectivity index (χ0v) is 19.2. The summed E-state index contributed by atoms with van der Waals surface area (Å²) in [7, 11) is 0. The van der Waals surface area contributed by atoms with Crippen LogP contribution in [0.15, 0.2) is 24.3 Å². The predicted molar refractivity (Wildman–Crippen MR) is 120 cm³/mol. The summed E-state index contributed by atoms with van der Waals surface area (Å²) in [5.41, 5.74) is 2.06. The fraction of sp³-hybridized carbons (Fsp3) is 0.500. The molecule has 7 nitrogen and oxygen atoms in total. The van der Waals surface area contributed by atoms with Gasteiger partial charge in [0.1, 0.15) is 23.5 Å². The molecule has 2 N–H and O–H groups in total. The van der Waals surface area contributed by atoms with Crippen molar-refractivity contribution >= 4 is 33.3 Å². The molecule has 2 aliphatic rings. The van der Waals surface area contributed by atoms with Crippen molar-refractivity contribution in [2.24, 2.45) is 0 Å². The third kappa shape index (κ3) is 4.62. The summed E-state index contributed by atoms with van der Waals surface area (Å²) in [6.45, 7) is 4.29. The minimum atomic E-state index is -4.38. The minimum absolute atomic E-state index is 0.0332. The number of aryl methyl sites for hydroxylation is 1. The second-order valence-electron chi connectivity index (χ2n) is 8.78. The first-order chi connectivity index (χ1) is 15.6. The van der Waals surface area contributed by atoms with Gasteiger partial charge in [0.05, 0.1) is 33.6 Å². The average Bonchev–Trinajstić information content (AvgIpc) is 3.38. The van der Waals surface area contributed by atoms with E-state index in [1.165, 1.54) is 11.3 Å². The van der Waals surface area contributed by atoms with E-state index in [2.05, 4.69) is 20.6 Å². The molecule has 0 radical (unpaired) electrons. The Kier molecular flexibility index (Phi) is 5.45. The number of para-hydroxylation sites is 1. The van der Waals surface area contributed by atoms with Crippen LogP contribution < -0.4 is 10.6 Å². The molecule has 11 heteroatoms. The molecule has 0 spiro atoms. The molecule has 3 unspecified atom stereocenters. The van der Waals surface area contributed by atoms with Gasteiger partial charge in [0.2, 0.25) is 5.95 Å². The number of anilines is 2. The molecule has 2 fully saturated rings. The minimum Gasteiger partial charge on any atom is -0.364 e. The Labute approximate surface area is 192 Å². The number of hydrogen-bond donors (Lipinski definition) is 2. The highest BCUT2D eigenvalue weighted by Gasteiger charge is 2.49. The second kappa shape index (κ2) is 8.07. The number of alkyl halides is 3. The maximum atomic E-state index is 12.8. The third-order valence-corrected chi connectivity index (χ3v) is 6.80. The molecular formula is C22H24F3N5O2S. The van der Waals surface area contributed by atoms with E-state index in [4.69, 9.17) is 14.5 Å². The summed E-state index contributed by atoms with van der Waals surface area (Å²) in [6.07, 6.45) is -2.97. The molecule has 0 amide bonds. The Morgan fingerprint density at radius 3 is 2.67 bits per heavy atom. The zero-order valence-electron chi connectivity index (χ0n) is 18.4. The van der Waals surface area contributed by atoms with Gasteiger partial charge in [-0.3, -0.25) is 0 Å². The number of halogens is 3. The summed E-state index contributed by atoms with van der Waals surface area (Å²) in [5, 5.41) is 6.43. The van der Waals surface area contributed by atoms with Crippen LogP contribution in [-0.4, -0.2) is 51.7 Å². The van der Waals surface area contributed by atoms with Crippen molar-refractivity contribution in [3.63, 3.8) is 0 Å². The first-order valence-corrected chi connectivity index (χ1v) is 11.6. The van der Waals surface area contributed by atoms with Crippen LogP contribution in [0.4, 0.5) is 24.9 Å². The van der Waals surface area contributed by atoms with E-state index in [1.807, 2.05) is 38.1 Å². The van der Waals surface area contributed by atoms with Crippen LogP contribution in [0.2, 0.25) is 0 Å². The molecule has 33 heavy (non-hydrogen) atoms. The van der Waals surface area contributed by atoms with Crippen molar-refractivity contribution in [1.29, 1.82) is 0 Å². The fourth-order valence-corrected chi connectivity index (χ4v) is 5.50. The number of nitrogens with zero attached hydrogens (tertiary/aromatic N) is 3. The number of nitrogens with one attached hydrogen (secondary N) is 2. The molecule has 1 aromatic carbocycles. The highest BCUT2D eigenvalue weighted by Crippen LogP contribution is 2.41. The monoisotopic (exact) mass is 479 g/mol. The smallest absolute Gasteiger partial charge is 0.364 e. The van der Waals surface area contributed by atoms with Gasteiger partial charge >= 0.3 is 6.18 Å². The van der Waals surface area contributed by atoms with Gasteiger partial charge in [-0.2, -0.15) is 18.2 Å². The summed E-state index contributed by atoms with van der Waals surface area (Å²) >= 11 is 1.49. The maximum Gasteiger partial charge on any atom is 0.405 e. The molecule has 176 valence electrons. The van der Waals surface area contributed by atoms with Crippen LogP contribution in [0.5, 0.6) is 0 Å². The standard InChI is InChI=1S/C22H24F3N5O2S/c1-11-16(19-29-12-6-4-5-7-15(12)33-19)18(30-20(27-11)26-10-22(23,24)25)28-13-8-9-14-17(13)32-21(2,3)31-14/h4-7,13-14,17H,8-10H2,1-3H3,(H2,26,27,28,30). The molecule has 1 saturated carbocycles. The first-order valence-electron chi connectivity index (χ1n) is 10.8. The Bertz CT molecular complexity index is 1150. The number of fused-ring (bicyclic) bond motifs is 2. The Hall–Kier alpha value is -2.50. The number of rotatable bonds is 5. The lowest BCUT2D eigenvalue weighted by Crippen LogP contribution is -2.35. The molecule has 2 aromatic heterocycles. The normalized spacial score (nSPS) is 24.2. The molecule has 3 aromatic rings. The quantitative estimate of drug-likeness (QED) is 0.525. The highest BCUT2D eigenvalue weighted by atomic mass is 32.1. The first kappa shape index (κ1) is 22.3. The van der Waals surface area contributed by atoms with Crippen molar-refractivity contribution in [2.45, 2.75) is 63.8 Å². The largest absolute Gasteiger partial charge is 0.405 e. The average molecular weight is 480 g/mol. The van der Waals surface area contributed by atoms with Crippen LogP contribution >= 0.6 is 11.3 Å². The topological polar surface area (TPSA) is 81.2 Å². The van der Waals surface area contributed by atoms with Gasteiger partial charge in [-0.15, -0.1) is 11.3 Å². The maximum absolute atomic E-state index is 12.8. The molecule has 3 atom stereocenters. The number of ether oxygens (including phenoxy) is 2. The second-order valence-corrected chi connectivity index (χ2v) is 9.81. The number of thiazole rings is 1. The number of benzene rings is 1. The molecule has 0 bridgehead atoms. The summed E-state index contributed by atoms with van der Waals surface area (Å²) < 4.78 is 51.4. The molecule has 1 aliphatic carbocycles. The van der Waals surface area contributed by atoms with E-state index < -0.39 is 18.5 Å². The molecule has 5 rings (SSSR count). The van der Waals surface area contributed by atoms with E-state index in [-0.39, 0.29) is 24.2 Å². The van der Waals surface area contributed by atoms with Gasteiger partial charge in [0.15, 0.2) is 5.79 Å². The van der Waals surface area contributed by atoms with Crippen LogP contribution in [0.3, 0.4) is 0 Å². The van der Waals surface area contributed by atoms with Gasteiger partial charge in [0, 0.05) is 0 Å². The van der Waals surface area contributed by atoms with E-state index in [9.17, 15) is 13.2 Å². The van der Waals surface area contributed by atoms with Crippen LogP contribution in [0, 0.1) is 6.92 Å². The van der Waals surface area contributed by atoms with E-state index in [0.29, 0.717) is 22.1 Å². The van der Waals surface area contributed by atoms with Crippen molar-refractivity contribution in [3.8, 4) is 10.6 Å². The van der Waals surface area contributed by atoms with Gasteiger partial charge in [-0.05, 0) is 45.7 Å². The molecular weight excluding hydrogens is 455 g/mol. The zero-order chi connectivity index (χ0) is 23.4. The molecule has 1 saturated heterocycles. The van der Waals surface area contributed by atoms with Gasteiger partial charge < -0.3 is 20.1 Å². The number of hydrogen-bond acceptors (Lipinski definition) is 8. The molecule has 3 heterocycles. The summed E-state index contributed by atoms with van der Waals surface area (Å²) in [6, 6.07) is 7.65. The summed E-state index contributed by atoms with van der Waals surface area (Å²) in [5.74, 6) is -0.326. The van der Waals surface area contributed by atoms with Crippen LogP contribution in [-0.2, 0) is 9.47 Å². The third-order valence-electron chi connectivity index (χ3n) is 5.75. The highest BCUT2D eigenvalue weighted by molar-refractivity contribution is 7.21. The van der Waals surface area contributed by atoms with E-state index in [0.717, 1.165) is 23.1 Å². The predicted octanol–water partition coefficient (Wildman–Crippen LogP) is 5.13. The molecule has 1 aliphatic heterocycles. The van der Waals surface area contributed by atoms with Crippen LogP contribution in [0.25, 0.3) is 20.8 Å². The van der Waals surface area contributed by atoms with Gasteiger partial charge in [-0.25, -0.2) is 9.97 Å². The van der Waals surface area contributed by atoms with Crippen molar-refractivity contribution in [1.82, 2.24) is 15.0 Å². The Balaban J connectivity index is 1.52. The van der Waals surface area contributed by atoms with Crippen LogP contribution in [0.1, 0.15) is 32.4 Å². The van der Waals surface area contributed by atoms with E-state index in [1.54, 1.807) is 6.92 Å². The van der Waals surface area contributed by atoms with E-state index >= 15 is 0 Å². The van der Waals surface area contributed by atoms with Gasteiger partial charge in [0.25, 0.3) is 0 Å². The summed E-state index contributed by atoms with van der Waals surface area (Å²) in [4.78, 5) is 13.5. The Morgan fingerprint density at radius 1 is 1.12 bits per heavy atom. The lowest BCUT2D eigenvalue weighted by atomic mass is 10.1. The van der Waals surface area contributed by atoms with Crippen molar-refractivity contribution in [3.05, 3.63) is 30.0 Å². The SMILES string of the molecule is Cc1nc(NCC(F)(F)F)nc(NC2CCC3OC(C)(C)OC23)c1-c1nc2ccccc2s1. The number of aromatic nitrogens is 3. The van der Waals surface area contributed by atoms with Crippen molar-refractivity contribution in [2.75, 3.05) is 17.2 Å². The lowest BCUT2D eigenvalue weighted by Gasteiger charge is -2.24. The van der Waals surface area contributed by atoms with Crippen molar-refractivity contribution < 1.29 is 22.6 Å². The fourth-order valence-electron chi connectivity index (χ4n) is 4.44. The Morgan fingerprint density at radius 2 is 1.91 bits per heavy atom. The lowest BCUT2D eigenvalue weighted by molar-refractivity contribution is -0.152. The van der Waals surface area contributed by atoms with Gasteiger partial charge in [-0.1, -0.05) is 12.1 Å².